The number of phosphoric acid groups is 1. The number of esters is 2. The van der Waals surface area contributed by atoms with Gasteiger partial charge in [-0.25, -0.2) is 4.57 Å². The Hall–Kier alpha value is -2.59. The highest BCUT2D eigenvalue weighted by Gasteiger charge is 2.27. The Morgan fingerprint density at radius 3 is 1.73 bits per heavy atom. The number of carbonyl (C=O) groups excluding carboxylic acids is 2. The van der Waals surface area contributed by atoms with E-state index in [4.69, 9.17) is 18.5 Å². The number of carbonyl (C=O) groups is 2. The molecule has 0 aromatic rings. The van der Waals surface area contributed by atoms with E-state index in [-0.39, 0.29) is 26.1 Å². The molecule has 10 nitrogen and oxygen atoms in total. The van der Waals surface area contributed by atoms with E-state index < -0.39 is 38.6 Å². The molecule has 0 heterocycles. The normalized spacial score (nSPS) is 14.8. The van der Waals surface area contributed by atoms with Gasteiger partial charge in [0.05, 0.1) is 33.9 Å². The van der Waals surface area contributed by atoms with Gasteiger partial charge in [0.2, 0.25) is 0 Å². The number of rotatable bonds is 40. The van der Waals surface area contributed by atoms with E-state index in [1.165, 1.54) is 77.0 Å². The van der Waals surface area contributed by atoms with Crippen LogP contribution in [-0.4, -0.2) is 86.1 Å². The number of unbranched alkanes of at least 4 members (excludes halogenated alkanes) is 14. The van der Waals surface area contributed by atoms with Gasteiger partial charge in [-0.2, -0.15) is 0 Å². The number of phosphoric ester groups is 1. The van der Waals surface area contributed by atoms with Gasteiger partial charge in [-0.05, 0) is 44.9 Å². The van der Waals surface area contributed by atoms with Crippen molar-refractivity contribution in [1.29, 1.82) is 0 Å². The van der Waals surface area contributed by atoms with E-state index in [2.05, 4.69) is 50.3 Å². The quantitative estimate of drug-likeness (QED) is 0.0155. The van der Waals surface area contributed by atoms with Crippen LogP contribution in [0.5, 0.6) is 0 Å². The summed E-state index contributed by atoms with van der Waals surface area (Å²) >= 11 is 0. The lowest BCUT2D eigenvalue weighted by Gasteiger charge is -2.24. The first kappa shape index (κ1) is 56.4. The van der Waals surface area contributed by atoms with Crippen LogP contribution in [0.3, 0.4) is 0 Å². The topological polar surface area (TPSA) is 129 Å². The second-order valence-electron chi connectivity index (χ2n) is 16.3. The van der Waals surface area contributed by atoms with Gasteiger partial charge in [0, 0.05) is 12.8 Å². The van der Waals surface area contributed by atoms with E-state index in [0.717, 1.165) is 38.5 Å². The molecule has 0 aromatic carbocycles. The van der Waals surface area contributed by atoms with Crippen molar-refractivity contribution in [3.05, 3.63) is 72.9 Å². The first-order valence-electron chi connectivity index (χ1n) is 22.8. The molecule has 0 aliphatic heterocycles. The molecule has 340 valence electrons. The van der Waals surface area contributed by atoms with E-state index in [0.29, 0.717) is 30.3 Å². The van der Waals surface area contributed by atoms with Gasteiger partial charge in [-0.3, -0.25) is 18.6 Å². The van der Waals surface area contributed by atoms with Crippen LogP contribution < -0.4 is 0 Å². The molecule has 0 bridgehead atoms. The summed E-state index contributed by atoms with van der Waals surface area (Å²) in [5, 5.41) is 10.2. The first-order valence-corrected chi connectivity index (χ1v) is 24.3. The molecule has 0 fully saturated rings. The first-order chi connectivity index (χ1) is 28.4. The molecule has 0 rings (SSSR count). The van der Waals surface area contributed by atoms with Crippen molar-refractivity contribution in [2.45, 2.75) is 174 Å². The zero-order chi connectivity index (χ0) is 43.7. The van der Waals surface area contributed by atoms with Gasteiger partial charge in [0.15, 0.2) is 6.10 Å². The summed E-state index contributed by atoms with van der Waals surface area (Å²) in [6.07, 6.45) is 45.6. The molecule has 0 amide bonds. The van der Waals surface area contributed by atoms with Crippen molar-refractivity contribution in [3.8, 4) is 0 Å². The van der Waals surface area contributed by atoms with Crippen LogP contribution in [0.4, 0.5) is 0 Å². The zero-order valence-corrected chi connectivity index (χ0v) is 38.7. The van der Waals surface area contributed by atoms with E-state index in [1.54, 1.807) is 18.2 Å². The molecular weight excluding hydrogens is 766 g/mol. The number of nitrogens with zero attached hydrogens (tertiary/aromatic N) is 1. The maximum absolute atomic E-state index is 12.7. The van der Waals surface area contributed by atoms with Crippen molar-refractivity contribution in [3.63, 3.8) is 0 Å². The molecule has 11 heteroatoms. The average molecular weight is 851 g/mol. The number of quaternary nitrogens is 1. The highest BCUT2D eigenvalue weighted by atomic mass is 31.2. The fourth-order valence-corrected chi connectivity index (χ4v) is 6.51. The highest BCUT2D eigenvalue weighted by molar-refractivity contribution is 7.47. The van der Waals surface area contributed by atoms with E-state index >= 15 is 0 Å². The lowest BCUT2D eigenvalue weighted by molar-refractivity contribution is -0.870. The predicted molar refractivity (Wildman–Crippen MR) is 244 cm³/mol. The van der Waals surface area contributed by atoms with Crippen molar-refractivity contribution >= 4 is 19.8 Å². The minimum absolute atomic E-state index is 0.00275. The molecule has 2 N–H and O–H groups in total. The summed E-state index contributed by atoms with van der Waals surface area (Å²) in [4.78, 5) is 35.4. The van der Waals surface area contributed by atoms with Crippen LogP contribution in [0.25, 0.3) is 0 Å². The fraction of sp³-hybridized carbons (Fsp3) is 0.708. The maximum atomic E-state index is 12.7. The summed E-state index contributed by atoms with van der Waals surface area (Å²) in [6, 6.07) is 0. The van der Waals surface area contributed by atoms with Gasteiger partial charge >= 0.3 is 19.8 Å². The van der Waals surface area contributed by atoms with Gasteiger partial charge in [-0.1, -0.05) is 177 Å². The van der Waals surface area contributed by atoms with Crippen molar-refractivity contribution in [2.24, 2.45) is 0 Å². The number of likely N-dealkylation sites (N-methyl/N-ethyl adjacent to an activating group) is 1. The Morgan fingerprint density at radius 1 is 0.627 bits per heavy atom. The molecule has 2 unspecified atom stereocenters. The lowest BCUT2D eigenvalue weighted by Crippen LogP contribution is -2.37. The van der Waals surface area contributed by atoms with Crippen LogP contribution in [0, 0.1) is 0 Å². The molecule has 0 radical (unpaired) electrons. The second-order valence-corrected chi connectivity index (χ2v) is 17.7. The number of hydrogen-bond acceptors (Lipinski definition) is 8. The molecule has 0 aliphatic rings. The number of hydrogen-bond donors (Lipinski definition) is 2. The highest BCUT2D eigenvalue weighted by Crippen LogP contribution is 2.43. The standard InChI is InChI=1S/C48H84NO9P/c1-6-8-10-12-14-16-18-20-21-23-25-27-29-31-35-39-47(51)55-43-46(44-57-59(53,54)56-42-41-49(3,4)5)58-48(52)40-36-32-34-38-45(50)37-33-30-28-26-24-22-19-17-15-13-11-9-7-2/h9,11,15,17,22,24,28,30,32-34,37,45-46,50H,6-8,10,12-14,16,18-21,23,25-27,29,31,35-36,38-44H2,1-5H3/p+1/b11-9-,17-15-,24-22-,30-28-,34-32-,37-33-/t45?,46-/m1/s1. The van der Waals surface area contributed by atoms with Crippen LogP contribution in [0.15, 0.2) is 72.9 Å². The Labute approximate surface area is 360 Å². The smallest absolute Gasteiger partial charge is 0.462 e. The minimum atomic E-state index is -4.43. The van der Waals surface area contributed by atoms with Crippen LogP contribution in [-0.2, 0) is 32.7 Å². The van der Waals surface area contributed by atoms with Crippen molar-refractivity contribution in [1.82, 2.24) is 0 Å². The number of aliphatic hydroxyl groups is 1. The summed E-state index contributed by atoms with van der Waals surface area (Å²) in [5.74, 6) is -0.982. The van der Waals surface area contributed by atoms with Crippen molar-refractivity contribution in [2.75, 3.05) is 47.5 Å². The molecule has 0 spiro atoms. The number of allylic oxidation sites excluding steroid dienone is 10. The summed E-state index contributed by atoms with van der Waals surface area (Å²) in [5.41, 5.74) is 0. The van der Waals surface area contributed by atoms with Crippen LogP contribution >= 0.6 is 7.82 Å². The Balaban J connectivity index is 4.57. The van der Waals surface area contributed by atoms with E-state index in [1.807, 2.05) is 39.4 Å². The maximum Gasteiger partial charge on any atom is 0.472 e. The molecular formula is C48H85NO9P+. The molecule has 59 heavy (non-hydrogen) atoms. The average Bonchev–Trinajstić information content (AvgIpc) is 3.18. The third kappa shape index (κ3) is 43.3. The zero-order valence-electron chi connectivity index (χ0n) is 37.8. The van der Waals surface area contributed by atoms with Gasteiger partial charge in [-0.15, -0.1) is 0 Å². The monoisotopic (exact) mass is 851 g/mol. The Morgan fingerprint density at radius 2 is 1.17 bits per heavy atom. The summed E-state index contributed by atoms with van der Waals surface area (Å²) < 4.78 is 34.2. The Kier molecular flexibility index (Phi) is 37.8. The fourth-order valence-electron chi connectivity index (χ4n) is 5.77. The third-order valence-electron chi connectivity index (χ3n) is 9.34. The summed E-state index contributed by atoms with van der Waals surface area (Å²) in [7, 11) is 1.36. The molecule has 0 aromatic heterocycles. The van der Waals surface area contributed by atoms with Gasteiger partial charge < -0.3 is 24.0 Å². The Bertz CT molecular complexity index is 1250. The van der Waals surface area contributed by atoms with Crippen molar-refractivity contribution < 1.29 is 47.2 Å². The largest absolute Gasteiger partial charge is 0.472 e. The molecule has 0 saturated carbocycles. The summed E-state index contributed by atoms with van der Waals surface area (Å²) in [6.45, 7) is 4.10. The van der Waals surface area contributed by atoms with Gasteiger partial charge in [0.1, 0.15) is 19.8 Å². The lowest BCUT2D eigenvalue weighted by atomic mass is 10.0. The molecule has 0 aliphatic carbocycles. The van der Waals surface area contributed by atoms with Gasteiger partial charge in [0.25, 0.3) is 0 Å². The predicted octanol–water partition coefficient (Wildman–Crippen LogP) is 12.0. The SMILES string of the molecule is CC/C=C\C/C=C\C/C=C\C/C=C\C=C/C(O)C/C=C\CCC(=O)O[C@H](COC(=O)CCCCCCCCCCCCCCCCC)COP(=O)(O)OCC[N+](C)(C)C. The second kappa shape index (κ2) is 39.5. The van der Waals surface area contributed by atoms with E-state index in [9.17, 15) is 24.2 Å². The minimum Gasteiger partial charge on any atom is -0.462 e. The number of ether oxygens (including phenoxy) is 2. The van der Waals surface area contributed by atoms with Crippen LogP contribution in [0.1, 0.15) is 162 Å². The number of aliphatic hydroxyl groups excluding tert-OH is 1. The van der Waals surface area contributed by atoms with Crippen LogP contribution in [0.2, 0.25) is 0 Å². The third-order valence-corrected chi connectivity index (χ3v) is 10.3. The molecule has 3 atom stereocenters. The molecule has 0 saturated heterocycles.